The van der Waals surface area contributed by atoms with Crippen molar-refractivity contribution < 1.29 is 10.2 Å². The number of benzene rings is 1. The molecule has 0 fully saturated rings. The lowest BCUT2D eigenvalue weighted by Crippen LogP contribution is -1.95. The molecule has 0 radical (unpaired) electrons. The largest absolute Gasteiger partial charge is 0.508 e. The van der Waals surface area contributed by atoms with Crippen LogP contribution in [0.4, 0.5) is 5.82 Å². The van der Waals surface area contributed by atoms with Gasteiger partial charge in [0, 0.05) is 11.6 Å². The number of nitrogens with one attached hydrogen (secondary N) is 2. The molecule has 0 saturated heterocycles. The number of nitrogens with zero attached hydrogens (tertiary/aromatic N) is 4. The number of aromatic amines is 1. The molecule has 8 nitrogen and oxygen atoms in total. The van der Waals surface area contributed by atoms with Crippen molar-refractivity contribution in [2.24, 2.45) is 5.10 Å². The maximum absolute atomic E-state index is 9.61. The van der Waals surface area contributed by atoms with E-state index in [0.29, 0.717) is 22.5 Å². The molecule has 20 heavy (non-hydrogen) atoms. The Hall–Kier alpha value is -3.16. The fraction of sp³-hybridized carbons (Fsp3) is 0. The molecule has 3 aromatic rings. The summed E-state index contributed by atoms with van der Waals surface area (Å²) in [6.07, 6.45) is 4.30. The van der Waals surface area contributed by atoms with Crippen LogP contribution in [0.3, 0.4) is 0 Å². The summed E-state index contributed by atoms with van der Waals surface area (Å²) in [5, 5.41) is 22.8. The molecule has 2 heterocycles. The summed E-state index contributed by atoms with van der Waals surface area (Å²) < 4.78 is 0. The summed E-state index contributed by atoms with van der Waals surface area (Å²) in [7, 11) is 0. The van der Waals surface area contributed by atoms with E-state index in [9.17, 15) is 10.2 Å². The molecule has 0 aliphatic rings. The second-order valence-electron chi connectivity index (χ2n) is 3.94. The first kappa shape index (κ1) is 11.9. The number of anilines is 1. The molecule has 0 unspecified atom stereocenters. The number of aromatic nitrogens is 4. The molecule has 4 N–H and O–H groups in total. The lowest BCUT2D eigenvalue weighted by Gasteiger charge is -2.01. The number of hydrazone groups is 1. The van der Waals surface area contributed by atoms with Gasteiger partial charge in [0.2, 0.25) is 0 Å². The van der Waals surface area contributed by atoms with Crippen molar-refractivity contribution in [2.45, 2.75) is 0 Å². The molecule has 0 aliphatic carbocycles. The van der Waals surface area contributed by atoms with Gasteiger partial charge in [0.1, 0.15) is 23.3 Å². The molecular weight excluding hydrogens is 260 g/mol. The van der Waals surface area contributed by atoms with Crippen LogP contribution in [0.15, 0.2) is 36.0 Å². The highest BCUT2D eigenvalue weighted by atomic mass is 16.3. The monoisotopic (exact) mass is 270 g/mol. The van der Waals surface area contributed by atoms with E-state index < -0.39 is 0 Å². The van der Waals surface area contributed by atoms with Gasteiger partial charge in [-0.3, -0.25) is 5.43 Å². The summed E-state index contributed by atoms with van der Waals surface area (Å²) in [6, 6.07) is 4.24. The Kier molecular flexibility index (Phi) is 2.88. The summed E-state index contributed by atoms with van der Waals surface area (Å²) in [4.78, 5) is 14.9. The Morgan fingerprint density at radius 3 is 2.95 bits per heavy atom. The Morgan fingerprint density at radius 1 is 1.20 bits per heavy atom. The highest BCUT2D eigenvalue weighted by Crippen LogP contribution is 2.21. The van der Waals surface area contributed by atoms with Gasteiger partial charge in [-0.15, -0.1) is 0 Å². The average molecular weight is 270 g/mol. The molecule has 0 saturated carbocycles. The Bertz CT molecular complexity index is 782. The first-order valence-electron chi connectivity index (χ1n) is 5.69. The zero-order chi connectivity index (χ0) is 13.9. The van der Waals surface area contributed by atoms with E-state index in [2.05, 4.69) is 30.5 Å². The van der Waals surface area contributed by atoms with Gasteiger partial charge >= 0.3 is 0 Å². The van der Waals surface area contributed by atoms with Gasteiger partial charge in [-0.25, -0.2) is 15.0 Å². The van der Waals surface area contributed by atoms with Gasteiger partial charge in [0.05, 0.1) is 12.5 Å². The van der Waals surface area contributed by atoms with Gasteiger partial charge < -0.3 is 15.2 Å². The first-order chi connectivity index (χ1) is 9.74. The zero-order valence-electron chi connectivity index (χ0n) is 10.1. The number of fused-ring (bicyclic) bond motifs is 1. The highest BCUT2D eigenvalue weighted by Gasteiger charge is 2.04. The number of phenols is 2. The third kappa shape index (κ3) is 2.21. The van der Waals surface area contributed by atoms with Crippen LogP contribution in [0, 0.1) is 0 Å². The second kappa shape index (κ2) is 4.84. The summed E-state index contributed by atoms with van der Waals surface area (Å²) in [5.74, 6) is 0.398. The van der Waals surface area contributed by atoms with E-state index in [0.717, 1.165) is 0 Å². The van der Waals surface area contributed by atoms with Gasteiger partial charge in [-0.2, -0.15) is 5.10 Å². The molecular formula is C12H10N6O2. The van der Waals surface area contributed by atoms with Gasteiger partial charge in [-0.1, -0.05) is 0 Å². The van der Waals surface area contributed by atoms with Crippen LogP contribution in [-0.2, 0) is 0 Å². The summed E-state index contributed by atoms with van der Waals surface area (Å²) in [6.45, 7) is 0. The van der Waals surface area contributed by atoms with E-state index in [1.807, 2.05) is 0 Å². The maximum atomic E-state index is 9.61. The molecule has 0 atom stereocenters. The van der Waals surface area contributed by atoms with E-state index in [1.165, 1.54) is 31.0 Å². The molecule has 100 valence electrons. The van der Waals surface area contributed by atoms with E-state index in [-0.39, 0.29) is 11.5 Å². The fourth-order valence-electron chi connectivity index (χ4n) is 1.65. The molecule has 2 aromatic heterocycles. The highest BCUT2D eigenvalue weighted by molar-refractivity contribution is 5.86. The van der Waals surface area contributed by atoms with E-state index in [4.69, 9.17) is 0 Å². The SMILES string of the molecule is Oc1ccc(C=NNc2ncnc3nc[nH]c23)c(O)c1. The van der Waals surface area contributed by atoms with E-state index >= 15 is 0 Å². The molecule has 0 amide bonds. The van der Waals surface area contributed by atoms with Crippen LogP contribution in [0.1, 0.15) is 5.56 Å². The quantitative estimate of drug-likeness (QED) is 0.419. The number of hydrogen-bond acceptors (Lipinski definition) is 7. The number of phenolic OH excluding ortho intramolecular Hbond substituents is 2. The predicted molar refractivity (Wildman–Crippen MR) is 72.7 cm³/mol. The molecule has 0 bridgehead atoms. The van der Waals surface area contributed by atoms with Crippen molar-refractivity contribution in [3.8, 4) is 11.5 Å². The van der Waals surface area contributed by atoms with Crippen molar-refractivity contribution >= 4 is 23.2 Å². The Labute approximate surface area is 112 Å². The number of hydrogen-bond donors (Lipinski definition) is 4. The van der Waals surface area contributed by atoms with Crippen molar-refractivity contribution in [1.29, 1.82) is 0 Å². The lowest BCUT2D eigenvalue weighted by atomic mass is 10.2. The smallest absolute Gasteiger partial charge is 0.182 e. The van der Waals surface area contributed by atoms with Crippen LogP contribution in [0.2, 0.25) is 0 Å². The Balaban J connectivity index is 1.82. The normalized spacial score (nSPS) is 11.2. The van der Waals surface area contributed by atoms with Crippen molar-refractivity contribution in [3.05, 3.63) is 36.4 Å². The zero-order valence-corrected chi connectivity index (χ0v) is 10.1. The standard InChI is InChI=1S/C12H10N6O2/c19-8-2-1-7(9(20)3-8)4-17-18-12-10-11(14-5-13-10)15-6-16-12/h1-6,19-20H,(H2,13,14,15,16,18). The molecule has 0 aliphatic heterocycles. The minimum absolute atomic E-state index is 0.0115. The van der Waals surface area contributed by atoms with Crippen molar-refractivity contribution in [1.82, 2.24) is 19.9 Å². The minimum atomic E-state index is -0.0649. The Morgan fingerprint density at radius 2 is 2.10 bits per heavy atom. The van der Waals surface area contributed by atoms with Crippen molar-refractivity contribution in [3.63, 3.8) is 0 Å². The van der Waals surface area contributed by atoms with Gasteiger partial charge in [0.15, 0.2) is 11.5 Å². The molecule has 8 heteroatoms. The second-order valence-corrected chi connectivity index (χ2v) is 3.94. The van der Waals surface area contributed by atoms with Crippen molar-refractivity contribution in [2.75, 3.05) is 5.43 Å². The van der Waals surface area contributed by atoms with Crippen LogP contribution >= 0.6 is 0 Å². The summed E-state index contributed by atoms with van der Waals surface area (Å²) >= 11 is 0. The number of aromatic hydroxyl groups is 2. The number of rotatable bonds is 3. The number of H-pyrrole nitrogens is 1. The predicted octanol–water partition coefficient (Wildman–Crippen LogP) is 1.21. The van der Waals surface area contributed by atoms with E-state index in [1.54, 1.807) is 6.07 Å². The topological polar surface area (TPSA) is 119 Å². The minimum Gasteiger partial charge on any atom is -0.508 e. The summed E-state index contributed by atoms with van der Waals surface area (Å²) in [5.41, 5.74) is 4.37. The van der Waals surface area contributed by atoms with Gasteiger partial charge in [0.25, 0.3) is 0 Å². The van der Waals surface area contributed by atoms with Crippen LogP contribution in [-0.4, -0.2) is 36.4 Å². The molecule has 0 spiro atoms. The average Bonchev–Trinajstić information content (AvgIpc) is 2.90. The lowest BCUT2D eigenvalue weighted by molar-refractivity contribution is 0.450. The van der Waals surface area contributed by atoms with Gasteiger partial charge in [-0.05, 0) is 12.1 Å². The molecule has 3 rings (SSSR count). The third-order valence-electron chi connectivity index (χ3n) is 2.61. The fourth-order valence-corrected chi connectivity index (χ4v) is 1.65. The third-order valence-corrected chi connectivity index (χ3v) is 2.61. The molecule has 1 aromatic carbocycles. The number of imidazole rings is 1. The van der Waals surface area contributed by atoms with Crippen LogP contribution in [0.25, 0.3) is 11.2 Å². The first-order valence-corrected chi connectivity index (χ1v) is 5.69. The van der Waals surface area contributed by atoms with Crippen LogP contribution in [0.5, 0.6) is 11.5 Å². The van der Waals surface area contributed by atoms with Crippen LogP contribution < -0.4 is 5.43 Å². The maximum Gasteiger partial charge on any atom is 0.182 e.